The summed E-state index contributed by atoms with van der Waals surface area (Å²) in [6.07, 6.45) is 2.46. The van der Waals surface area contributed by atoms with Crippen LogP contribution in [-0.4, -0.2) is 31.6 Å². The third-order valence-corrected chi connectivity index (χ3v) is 4.92. The van der Waals surface area contributed by atoms with Crippen LogP contribution in [-0.2, 0) is 11.2 Å². The Balaban J connectivity index is 1.77. The monoisotopic (exact) mass is 339 g/mol. The van der Waals surface area contributed by atoms with Crippen LogP contribution in [0.1, 0.15) is 35.6 Å². The molecule has 0 radical (unpaired) electrons. The zero-order valence-electron chi connectivity index (χ0n) is 15.1. The predicted molar refractivity (Wildman–Crippen MR) is 98.1 cm³/mol. The number of hydrogen-bond donors (Lipinski definition) is 0. The summed E-state index contributed by atoms with van der Waals surface area (Å²) < 4.78 is 10.6. The lowest BCUT2D eigenvalue weighted by Gasteiger charge is -2.26. The molecule has 25 heavy (non-hydrogen) atoms. The van der Waals surface area contributed by atoms with Crippen molar-refractivity contribution < 1.29 is 14.3 Å². The maximum absolute atomic E-state index is 12.9. The van der Waals surface area contributed by atoms with Crippen LogP contribution in [0.15, 0.2) is 42.5 Å². The molecular formula is C21H25NO3. The second-order valence-corrected chi connectivity index (χ2v) is 6.47. The number of carbonyl (C=O) groups is 1. The Morgan fingerprint density at radius 2 is 1.88 bits per heavy atom. The van der Waals surface area contributed by atoms with Gasteiger partial charge < -0.3 is 14.4 Å². The van der Waals surface area contributed by atoms with E-state index in [4.69, 9.17) is 9.47 Å². The van der Waals surface area contributed by atoms with Crippen molar-refractivity contribution in [3.05, 3.63) is 59.2 Å². The molecule has 0 aliphatic carbocycles. The average molecular weight is 339 g/mol. The van der Waals surface area contributed by atoms with Gasteiger partial charge in [0, 0.05) is 6.54 Å². The van der Waals surface area contributed by atoms with Gasteiger partial charge in [-0.2, -0.15) is 0 Å². The van der Waals surface area contributed by atoms with Crippen molar-refractivity contribution in [1.29, 1.82) is 0 Å². The van der Waals surface area contributed by atoms with Crippen molar-refractivity contribution in [3.63, 3.8) is 0 Å². The van der Waals surface area contributed by atoms with Gasteiger partial charge in [0.05, 0.1) is 26.7 Å². The van der Waals surface area contributed by atoms with E-state index in [1.165, 1.54) is 11.1 Å². The molecule has 2 aromatic rings. The lowest BCUT2D eigenvalue weighted by molar-refractivity contribution is -0.131. The molecule has 0 saturated carbocycles. The average Bonchev–Trinajstić information content (AvgIpc) is 3.11. The second-order valence-electron chi connectivity index (χ2n) is 6.47. The topological polar surface area (TPSA) is 38.8 Å². The zero-order valence-corrected chi connectivity index (χ0v) is 15.1. The number of aryl methyl sites for hydroxylation is 1. The fourth-order valence-electron chi connectivity index (χ4n) is 3.62. The van der Waals surface area contributed by atoms with Crippen LogP contribution in [0.4, 0.5) is 0 Å². The molecule has 1 saturated heterocycles. The molecule has 1 heterocycles. The van der Waals surface area contributed by atoms with E-state index >= 15 is 0 Å². The van der Waals surface area contributed by atoms with E-state index in [0.29, 0.717) is 17.9 Å². The largest absolute Gasteiger partial charge is 0.493 e. The van der Waals surface area contributed by atoms with E-state index in [1.54, 1.807) is 14.2 Å². The molecule has 1 aliphatic heterocycles. The first-order chi connectivity index (χ1) is 12.1. The highest BCUT2D eigenvalue weighted by molar-refractivity contribution is 5.80. The molecule has 0 N–H and O–H groups in total. The highest BCUT2D eigenvalue weighted by Gasteiger charge is 2.30. The number of likely N-dealkylation sites (tertiary alicyclic amines) is 1. The molecule has 0 unspecified atom stereocenters. The van der Waals surface area contributed by atoms with Crippen LogP contribution in [0.2, 0.25) is 0 Å². The number of carbonyl (C=O) groups excluding carboxylic acids is 1. The quantitative estimate of drug-likeness (QED) is 0.829. The van der Waals surface area contributed by atoms with Gasteiger partial charge in [-0.25, -0.2) is 0 Å². The van der Waals surface area contributed by atoms with Crippen molar-refractivity contribution in [2.45, 2.75) is 32.2 Å². The van der Waals surface area contributed by atoms with Crippen molar-refractivity contribution >= 4 is 5.91 Å². The van der Waals surface area contributed by atoms with Crippen LogP contribution in [0.5, 0.6) is 11.5 Å². The Hall–Kier alpha value is -2.49. The molecule has 1 amide bonds. The summed E-state index contributed by atoms with van der Waals surface area (Å²) in [5.74, 6) is 1.50. The third-order valence-electron chi connectivity index (χ3n) is 4.92. The van der Waals surface area contributed by atoms with Crippen LogP contribution in [0.3, 0.4) is 0 Å². The number of hydrogen-bond acceptors (Lipinski definition) is 3. The maximum atomic E-state index is 12.9. The fourth-order valence-corrected chi connectivity index (χ4v) is 3.62. The molecule has 4 nitrogen and oxygen atoms in total. The first-order valence-corrected chi connectivity index (χ1v) is 8.70. The van der Waals surface area contributed by atoms with Crippen molar-refractivity contribution in [1.82, 2.24) is 4.90 Å². The molecule has 2 aromatic carbocycles. The molecule has 0 aromatic heterocycles. The van der Waals surface area contributed by atoms with Gasteiger partial charge >= 0.3 is 0 Å². The predicted octanol–water partition coefficient (Wildman–Crippen LogP) is 3.92. The maximum Gasteiger partial charge on any atom is 0.227 e. The summed E-state index contributed by atoms with van der Waals surface area (Å²) >= 11 is 0. The van der Waals surface area contributed by atoms with E-state index in [9.17, 15) is 4.79 Å². The van der Waals surface area contributed by atoms with Gasteiger partial charge in [-0.15, -0.1) is 0 Å². The highest BCUT2D eigenvalue weighted by Crippen LogP contribution is 2.34. The number of benzene rings is 2. The molecule has 0 spiro atoms. The van der Waals surface area contributed by atoms with E-state index in [2.05, 4.69) is 25.1 Å². The molecule has 0 bridgehead atoms. The number of ether oxygens (including phenoxy) is 2. The Morgan fingerprint density at radius 1 is 1.12 bits per heavy atom. The van der Waals surface area contributed by atoms with Gasteiger partial charge in [0.25, 0.3) is 0 Å². The number of methoxy groups -OCH3 is 2. The first-order valence-electron chi connectivity index (χ1n) is 8.70. The van der Waals surface area contributed by atoms with Gasteiger partial charge in [0.1, 0.15) is 0 Å². The number of nitrogens with zero attached hydrogens (tertiary/aromatic N) is 1. The van der Waals surface area contributed by atoms with Crippen molar-refractivity contribution in [3.8, 4) is 11.5 Å². The fraction of sp³-hybridized carbons (Fsp3) is 0.381. The van der Waals surface area contributed by atoms with Crippen LogP contribution in [0, 0.1) is 6.92 Å². The molecule has 3 rings (SSSR count). The molecule has 132 valence electrons. The van der Waals surface area contributed by atoms with Gasteiger partial charge in [-0.05, 0) is 48.6 Å². The van der Waals surface area contributed by atoms with E-state index < -0.39 is 0 Å². The Labute approximate surface area is 149 Å². The smallest absolute Gasteiger partial charge is 0.227 e. The lowest BCUT2D eigenvalue weighted by Crippen LogP contribution is -2.32. The van der Waals surface area contributed by atoms with Crippen LogP contribution >= 0.6 is 0 Å². The lowest BCUT2D eigenvalue weighted by atomic mass is 9.99. The van der Waals surface area contributed by atoms with Crippen LogP contribution < -0.4 is 9.47 Å². The minimum atomic E-state index is 0.165. The highest BCUT2D eigenvalue weighted by atomic mass is 16.5. The summed E-state index contributed by atoms with van der Waals surface area (Å²) in [6.45, 7) is 2.94. The Bertz CT molecular complexity index is 757. The Kier molecular flexibility index (Phi) is 5.27. The van der Waals surface area contributed by atoms with Crippen molar-refractivity contribution in [2.75, 3.05) is 20.8 Å². The van der Waals surface area contributed by atoms with Crippen molar-refractivity contribution in [2.24, 2.45) is 0 Å². The summed E-state index contributed by atoms with van der Waals surface area (Å²) in [7, 11) is 3.22. The minimum Gasteiger partial charge on any atom is -0.493 e. The van der Waals surface area contributed by atoms with Crippen LogP contribution in [0.25, 0.3) is 0 Å². The number of rotatable bonds is 5. The molecule has 4 heteroatoms. The molecular weight excluding hydrogens is 314 g/mol. The normalized spacial score (nSPS) is 16.8. The molecule has 1 atom stereocenters. The first kappa shape index (κ1) is 17.3. The number of amides is 1. The van der Waals surface area contributed by atoms with E-state index in [1.807, 2.05) is 29.2 Å². The second kappa shape index (κ2) is 7.60. The summed E-state index contributed by atoms with van der Waals surface area (Å²) in [4.78, 5) is 14.9. The Morgan fingerprint density at radius 3 is 2.60 bits per heavy atom. The van der Waals surface area contributed by atoms with Gasteiger partial charge in [-0.1, -0.05) is 30.3 Å². The van der Waals surface area contributed by atoms with Gasteiger partial charge in [0.2, 0.25) is 5.91 Å². The van der Waals surface area contributed by atoms with E-state index in [-0.39, 0.29) is 11.9 Å². The summed E-state index contributed by atoms with van der Waals surface area (Å²) in [6, 6.07) is 14.2. The SMILES string of the molecule is COc1ccc(CC(=O)N2CCC[C@@H]2c2ccccc2C)cc1OC. The minimum absolute atomic E-state index is 0.165. The molecule has 1 fully saturated rings. The summed E-state index contributed by atoms with van der Waals surface area (Å²) in [5, 5.41) is 0. The molecule has 1 aliphatic rings. The van der Waals surface area contributed by atoms with E-state index in [0.717, 1.165) is 24.9 Å². The summed E-state index contributed by atoms with van der Waals surface area (Å²) in [5.41, 5.74) is 3.46. The van der Waals surface area contributed by atoms with Gasteiger partial charge in [-0.3, -0.25) is 4.79 Å². The zero-order chi connectivity index (χ0) is 17.8. The van der Waals surface area contributed by atoms with Gasteiger partial charge in [0.15, 0.2) is 11.5 Å². The third kappa shape index (κ3) is 3.63. The standard InChI is InChI=1S/C21H25NO3/c1-15-7-4-5-8-17(15)18-9-6-12-22(18)21(23)14-16-10-11-19(24-2)20(13-16)25-3/h4-5,7-8,10-11,13,18H,6,9,12,14H2,1-3H3/t18-/m1/s1.